The van der Waals surface area contributed by atoms with Gasteiger partial charge in [0.2, 0.25) is 5.91 Å². The van der Waals surface area contributed by atoms with Gasteiger partial charge in [-0.1, -0.05) is 18.6 Å². The molecule has 1 fully saturated rings. The molecule has 26 heavy (non-hydrogen) atoms. The van der Waals surface area contributed by atoms with Crippen molar-refractivity contribution >= 4 is 5.91 Å². The van der Waals surface area contributed by atoms with E-state index in [1.54, 1.807) is 4.90 Å². The van der Waals surface area contributed by atoms with E-state index in [2.05, 4.69) is 0 Å². The van der Waals surface area contributed by atoms with Crippen LogP contribution in [0.3, 0.4) is 0 Å². The van der Waals surface area contributed by atoms with Crippen molar-refractivity contribution in [3.05, 3.63) is 35.4 Å². The molecule has 1 aliphatic carbocycles. The van der Waals surface area contributed by atoms with Crippen molar-refractivity contribution in [2.75, 3.05) is 27.2 Å². The Kier molecular flexibility index (Phi) is 7.06. The van der Waals surface area contributed by atoms with Gasteiger partial charge in [0, 0.05) is 31.6 Å². The van der Waals surface area contributed by atoms with Crippen molar-refractivity contribution in [3.63, 3.8) is 0 Å². The minimum atomic E-state index is -4.35. The fraction of sp³-hybridized carbons (Fsp3) is 0.632. The summed E-state index contributed by atoms with van der Waals surface area (Å²) in [5.74, 6) is -0.0303. The summed E-state index contributed by atoms with van der Waals surface area (Å²) in [7, 11) is 3.86. The van der Waals surface area contributed by atoms with Gasteiger partial charge >= 0.3 is 6.18 Å². The maximum atomic E-state index is 13.0. The largest absolute Gasteiger partial charge is 0.416 e. The van der Waals surface area contributed by atoms with Gasteiger partial charge in [0.05, 0.1) is 5.56 Å². The lowest BCUT2D eigenvalue weighted by atomic mass is 9.85. The second kappa shape index (κ2) is 8.86. The van der Waals surface area contributed by atoms with E-state index < -0.39 is 11.7 Å². The Morgan fingerprint density at radius 1 is 1.15 bits per heavy atom. The zero-order valence-electron chi connectivity index (χ0n) is 15.4. The van der Waals surface area contributed by atoms with Crippen LogP contribution in [0.15, 0.2) is 24.3 Å². The number of nitrogens with two attached hydrogens (primary N) is 1. The smallest absolute Gasteiger partial charge is 0.337 e. The van der Waals surface area contributed by atoms with Gasteiger partial charge in [0.15, 0.2) is 0 Å². The molecule has 0 spiro atoms. The average Bonchev–Trinajstić information content (AvgIpc) is 2.57. The molecule has 2 rings (SSSR count). The number of carbonyl (C=O) groups is 1. The topological polar surface area (TPSA) is 49.6 Å². The highest BCUT2D eigenvalue weighted by Crippen LogP contribution is 2.30. The minimum Gasteiger partial charge on any atom is -0.337 e. The number of rotatable bonds is 6. The van der Waals surface area contributed by atoms with E-state index in [0.29, 0.717) is 31.6 Å². The predicted octanol–water partition coefficient (Wildman–Crippen LogP) is 3.11. The number of nitrogens with zero attached hydrogens (tertiary/aromatic N) is 2. The Morgan fingerprint density at radius 2 is 1.81 bits per heavy atom. The highest BCUT2D eigenvalue weighted by atomic mass is 19.4. The number of carbonyl (C=O) groups excluding carboxylic acids is 1. The number of halogens is 3. The first-order valence-corrected chi connectivity index (χ1v) is 9.02. The molecule has 146 valence electrons. The van der Waals surface area contributed by atoms with Crippen LogP contribution in [0.5, 0.6) is 0 Å². The lowest BCUT2D eigenvalue weighted by molar-refractivity contribution is -0.138. The summed E-state index contributed by atoms with van der Waals surface area (Å²) in [6.07, 6.45) is -0.945. The van der Waals surface area contributed by atoms with Gasteiger partial charge in [0.1, 0.15) is 0 Å². The molecule has 0 aliphatic heterocycles. The van der Waals surface area contributed by atoms with Crippen LogP contribution in [0, 0.1) is 5.92 Å². The molecule has 4 nitrogen and oxygen atoms in total. The average molecular weight is 371 g/mol. The first-order valence-electron chi connectivity index (χ1n) is 9.02. The van der Waals surface area contributed by atoms with Crippen molar-refractivity contribution in [3.8, 4) is 0 Å². The quantitative estimate of drug-likeness (QED) is 0.836. The number of benzene rings is 1. The van der Waals surface area contributed by atoms with Crippen molar-refractivity contribution in [1.29, 1.82) is 0 Å². The van der Waals surface area contributed by atoms with E-state index in [0.717, 1.165) is 31.4 Å². The normalized spacial score (nSPS) is 21.0. The summed E-state index contributed by atoms with van der Waals surface area (Å²) in [5, 5.41) is 0. The lowest BCUT2D eigenvalue weighted by Crippen LogP contribution is -2.42. The number of amides is 1. The van der Waals surface area contributed by atoms with Crippen LogP contribution in [-0.4, -0.2) is 48.9 Å². The molecule has 1 aromatic rings. The number of likely N-dealkylation sites (N-methyl/N-ethyl adjacent to an activating group) is 1. The summed E-state index contributed by atoms with van der Waals surface area (Å²) in [6.45, 7) is 1.56. The molecule has 0 heterocycles. The maximum absolute atomic E-state index is 13.0. The molecule has 0 saturated heterocycles. The third kappa shape index (κ3) is 5.99. The summed E-state index contributed by atoms with van der Waals surface area (Å²) in [5.41, 5.74) is 6.03. The van der Waals surface area contributed by atoms with Crippen LogP contribution in [0.25, 0.3) is 0 Å². The second-order valence-corrected chi connectivity index (χ2v) is 7.38. The van der Waals surface area contributed by atoms with Gasteiger partial charge in [-0.05, 0) is 51.1 Å². The molecule has 7 heteroatoms. The van der Waals surface area contributed by atoms with Gasteiger partial charge in [-0.2, -0.15) is 13.2 Å². The molecule has 1 saturated carbocycles. The molecule has 1 aromatic carbocycles. The second-order valence-electron chi connectivity index (χ2n) is 7.38. The zero-order chi connectivity index (χ0) is 19.3. The fourth-order valence-electron chi connectivity index (χ4n) is 3.32. The van der Waals surface area contributed by atoms with Crippen LogP contribution in [0.2, 0.25) is 0 Å². The Bertz CT molecular complexity index is 587. The van der Waals surface area contributed by atoms with Gasteiger partial charge < -0.3 is 15.5 Å². The van der Waals surface area contributed by atoms with Gasteiger partial charge in [-0.25, -0.2) is 0 Å². The highest BCUT2D eigenvalue weighted by Gasteiger charge is 2.31. The number of alkyl halides is 3. The SMILES string of the molecule is CN(C)CCN(Cc1ccc(C(F)(F)F)cc1)C(=O)C1CCCC(N)C1. The van der Waals surface area contributed by atoms with E-state index in [4.69, 9.17) is 5.73 Å². The first kappa shape index (κ1) is 20.7. The summed E-state index contributed by atoms with van der Waals surface area (Å²) >= 11 is 0. The Morgan fingerprint density at radius 3 is 2.35 bits per heavy atom. The molecule has 1 aliphatic rings. The predicted molar refractivity (Wildman–Crippen MR) is 95.3 cm³/mol. The summed E-state index contributed by atoms with van der Waals surface area (Å²) < 4.78 is 38.2. The van der Waals surface area contributed by atoms with E-state index in [9.17, 15) is 18.0 Å². The Labute approximate surface area is 153 Å². The number of hydrogen-bond acceptors (Lipinski definition) is 3. The third-order valence-corrected chi connectivity index (χ3v) is 4.85. The maximum Gasteiger partial charge on any atom is 0.416 e. The van der Waals surface area contributed by atoms with Crippen LogP contribution in [0.4, 0.5) is 13.2 Å². The molecule has 1 amide bonds. The molecule has 0 bridgehead atoms. The summed E-state index contributed by atoms with van der Waals surface area (Å²) in [4.78, 5) is 16.7. The van der Waals surface area contributed by atoms with Gasteiger partial charge in [0.25, 0.3) is 0 Å². The minimum absolute atomic E-state index is 0.0551. The van der Waals surface area contributed by atoms with Crippen molar-refractivity contribution in [1.82, 2.24) is 9.80 Å². The molecular weight excluding hydrogens is 343 g/mol. The molecular formula is C19H28F3N3O. The first-order chi connectivity index (χ1) is 12.2. The zero-order valence-corrected chi connectivity index (χ0v) is 15.4. The fourth-order valence-corrected chi connectivity index (χ4v) is 3.32. The lowest BCUT2D eigenvalue weighted by Gasteiger charge is -2.32. The molecule has 2 N–H and O–H groups in total. The van der Waals surface area contributed by atoms with Gasteiger partial charge in [-0.15, -0.1) is 0 Å². The Balaban J connectivity index is 2.09. The third-order valence-electron chi connectivity index (χ3n) is 4.85. The van der Waals surface area contributed by atoms with Gasteiger partial charge in [-0.3, -0.25) is 4.79 Å². The van der Waals surface area contributed by atoms with Crippen LogP contribution >= 0.6 is 0 Å². The standard InChI is InChI=1S/C19H28F3N3O/c1-24(2)10-11-25(18(26)15-4-3-5-17(23)12-15)13-14-6-8-16(9-7-14)19(20,21)22/h6-9,15,17H,3-5,10-13,23H2,1-2H3. The van der Waals surface area contributed by atoms with Crippen LogP contribution < -0.4 is 5.73 Å². The molecule has 0 radical (unpaired) electrons. The van der Waals surface area contributed by atoms with Crippen LogP contribution in [-0.2, 0) is 17.5 Å². The monoisotopic (exact) mass is 371 g/mol. The van der Waals surface area contributed by atoms with E-state index in [1.165, 1.54) is 12.1 Å². The van der Waals surface area contributed by atoms with E-state index in [-0.39, 0.29) is 17.9 Å². The molecule has 2 unspecified atom stereocenters. The van der Waals surface area contributed by atoms with E-state index in [1.807, 2.05) is 19.0 Å². The van der Waals surface area contributed by atoms with Crippen molar-refractivity contribution in [2.24, 2.45) is 11.7 Å². The van der Waals surface area contributed by atoms with Crippen molar-refractivity contribution in [2.45, 2.75) is 44.4 Å². The number of hydrogen-bond donors (Lipinski definition) is 1. The van der Waals surface area contributed by atoms with E-state index >= 15 is 0 Å². The van der Waals surface area contributed by atoms with Crippen LogP contribution in [0.1, 0.15) is 36.8 Å². The van der Waals surface area contributed by atoms with Crippen molar-refractivity contribution < 1.29 is 18.0 Å². The Hall–Kier alpha value is -1.60. The molecule has 0 aromatic heterocycles. The highest BCUT2D eigenvalue weighted by molar-refractivity contribution is 5.79. The summed E-state index contributed by atoms with van der Waals surface area (Å²) in [6, 6.07) is 5.09. The molecule has 2 atom stereocenters.